The summed E-state index contributed by atoms with van der Waals surface area (Å²) < 4.78 is 19.8. The first kappa shape index (κ1) is 16.6. The van der Waals surface area contributed by atoms with E-state index in [1.165, 1.54) is 12.1 Å². The van der Waals surface area contributed by atoms with E-state index in [1.807, 2.05) is 0 Å². The Morgan fingerprint density at radius 1 is 1.23 bits per heavy atom. The molecule has 1 saturated carbocycles. The molecule has 8 heteroatoms. The lowest BCUT2D eigenvalue weighted by Crippen LogP contribution is -2.41. The van der Waals surface area contributed by atoms with Gasteiger partial charge < -0.3 is 15.8 Å². The number of nitrogens with two attached hydrogens (primary N) is 1. The van der Waals surface area contributed by atoms with Gasteiger partial charge in [-0.1, -0.05) is 6.07 Å². The number of carbonyl (C=O) groups excluding carboxylic acids is 1. The molecule has 1 aliphatic heterocycles. The molecular formula is C18H19FN4O3. The molecule has 136 valence electrons. The number of benzene rings is 1. The SMILES string of the molecule is Nc1nc2c(c(=O)[nH]1)C(=O)N[C@@H](c1ccc(F)cc1OC1CCCC1)C2. The third kappa shape index (κ3) is 3.02. The van der Waals surface area contributed by atoms with Crippen molar-refractivity contribution in [3.05, 3.63) is 51.2 Å². The summed E-state index contributed by atoms with van der Waals surface area (Å²) in [6, 6.07) is 3.81. The lowest BCUT2D eigenvalue weighted by Gasteiger charge is -2.27. The van der Waals surface area contributed by atoms with Crippen molar-refractivity contribution in [2.45, 2.75) is 44.2 Å². The van der Waals surface area contributed by atoms with Crippen LogP contribution in [0.15, 0.2) is 23.0 Å². The van der Waals surface area contributed by atoms with Crippen LogP contribution in [0, 0.1) is 5.82 Å². The van der Waals surface area contributed by atoms with Crippen LogP contribution in [0.3, 0.4) is 0 Å². The molecule has 2 heterocycles. The summed E-state index contributed by atoms with van der Waals surface area (Å²) in [6.07, 6.45) is 4.39. The Balaban J connectivity index is 1.69. The molecule has 7 nitrogen and oxygen atoms in total. The van der Waals surface area contributed by atoms with Gasteiger partial charge in [-0.25, -0.2) is 9.37 Å². The molecule has 4 N–H and O–H groups in total. The monoisotopic (exact) mass is 358 g/mol. The smallest absolute Gasteiger partial charge is 0.265 e. The van der Waals surface area contributed by atoms with Crippen LogP contribution in [0.25, 0.3) is 0 Å². The largest absolute Gasteiger partial charge is 0.490 e. The van der Waals surface area contributed by atoms with Crippen molar-refractivity contribution in [2.24, 2.45) is 0 Å². The maximum absolute atomic E-state index is 13.8. The fraction of sp³-hybridized carbons (Fsp3) is 0.389. The van der Waals surface area contributed by atoms with Gasteiger partial charge >= 0.3 is 0 Å². The summed E-state index contributed by atoms with van der Waals surface area (Å²) in [5, 5.41) is 2.79. The Labute approximate surface area is 148 Å². The highest BCUT2D eigenvalue weighted by molar-refractivity contribution is 5.96. The van der Waals surface area contributed by atoms with Gasteiger partial charge in [0.2, 0.25) is 5.95 Å². The maximum Gasteiger partial charge on any atom is 0.265 e. The van der Waals surface area contributed by atoms with E-state index in [0.29, 0.717) is 17.0 Å². The standard InChI is InChI=1S/C18H19FN4O3/c19-9-5-6-11(14(7-9)26-10-3-1-2-4-10)12-8-13-15(16(24)21-12)17(25)23-18(20)22-13/h5-7,10,12H,1-4,8H2,(H,21,24)(H3,20,22,23,25)/t12-/m1/s1. The molecule has 0 unspecified atom stereocenters. The van der Waals surface area contributed by atoms with E-state index in [1.54, 1.807) is 6.07 Å². The van der Waals surface area contributed by atoms with E-state index in [2.05, 4.69) is 15.3 Å². The van der Waals surface area contributed by atoms with Crippen LogP contribution in [0.4, 0.5) is 10.3 Å². The number of halogens is 1. The summed E-state index contributed by atoms with van der Waals surface area (Å²) in [4.78, 5) is 30.8. The molecule has 4 rings (SSSR count). The number of ether oxygens (including phenoxy) is 1. The second kappa shape index (κ2) is 6.44. The molecule has 1 aromatic heterocycles. The Kier molecular flexibility index (Phi) is 4.10. The average molecular weight is 358 g/mol. The number of nitrogens with zero attached hydrogens (tertiary/aromatic N) is 1. The van der Waals surface area contributed by atoms with Crippen LogP contribution in [0.1, 0.15) is 53.3 Å². The number of hydrogen-bond acceptors (Lipinski definition) is 5. The molecule has 0 bridgehead atoms. The quantitative estimate of drug-likeness (QED) is 0.775. The zero-order valence-corrected chi connectivity index (χ0v) is 14.0. The highest BCUT2D eigenvalue weighted by atomic mass is 19.1. The van der Waals surface area contributed by atoms with Gasteiger partial charge in [-0.2, -0.15) is 0 Å². The minimum atomic E-state index is -0.565. The lowest BCUT2D eigenvalue weighted by molar-refractivity contribution is 0.0920. The Morgan fingerprint density at radius 3 is 2.77 bits per heavy atom. The molecule has 1 aromatic carbocycles. The number of anilines is 1. The molecule has 2 aliphatic rings. The second-order valence-corrected chi connectivity index (χ2v) is 6.71. The number of rotatable bonds is 3. The van der Waals surface area contributed by atoms with Crippen LogP contribution >= 0.6 is 0 Å². The molecule has 1 amide bonds. The molecule has 1 fully saturated rings. The third-order valence-electron chi connectivity index (χ3n) is 4.89. The summed E-state index contributed by atoms with van der Waals surface area (Å²) in [6.45, 7) is 0. The molecule has 2 aromatic rings. The summed E-state index contributed by atoms with van der Waals surface area (Å²) in [5.74, 6) is -0.545. The second-order valence-electron chi connectivity index (χ2n) is 6.71. The van der Waals surface area contributed by atoms with E-state index < -0.39 is 23.3 Å². The number of aromatic amines is 1. The zero-order valence-electron chi connectivity index (χ0n) is 14.0. The van der Waals surface area contributed by atoms with Crippen molar-refractivity contribution < 1.29 is 13.9 Å². The van der Waals surface area contributed by atoms with Crippen LogP contribution in [-0.2, 0) is 6.42 Å². The molecule has 0 radical (unpaired) electrons. The van der Waals surface area contributed by atoms with Crippen LogP contribution < -0.4 is 21.3 Å². The molecular weight excluding hydrogens is 339 g/mol. The summed E-state index contributed by atoms with van der Waals surface area (Å²) in [5.41, 5.74) is 6.00. The number of fused-ring (bicyclic) bond motifs is 1. The Bertz CT molecular complexity index is 921. The summed E-state index contributed by atoms with van der Waals surface area (Å²) >= 11 is 0. The van der Waals surface area contributed by atoms with Gasteiger partial charge in [0, 0.05) is 18.1 Å². The van der Waals surface area contributed by atoms with Crippen molar-refractivity contribution in [3.8, 4) is 5.75 Å². The highest BCUT2D eigenvalue weighted by Gasteiger charge is 2.31. The first-order valence-corrected chi connectivity index (χ1v) is 8.67. The molecule has 1 atom stereocenters. The van der Waals surface area contributed by atoms with Gasteiger partial charge in [0.15, 0.2) is 0 Å². The number of H-pyrrole nitrogens is 1. The third-order valence-corrected chi connectivity index (χ3v) is 4.89. The van der Waals surface area contributed by atoms with Crippen LogP contribution in [0.2, 0.25) is 0 Å². The van der Waals surface area contributed by atoms with E-state index in [-0.39, 0.29) is 24.0 Å². The number of aromatic nitrogens is 2. The first-order chi connectivity index (χ1) is 12.5. The number of amides is 1. The van der Waals surface area contributed by atoms with E-state index in [0.717, 1.165) is 25.7 Å². The van der Waals surface area contributed by atoms with Crippen molar-refractivity contribution in [2.75, 3.05) is 5.73 Å². The van der Waals surface area contributed by atoms with Gasteiger partial charge in [-0.05, 0) is 31.7 Å². The minimum absolute atomic E-state index is 0.0316. The van der Waals surface area contributed by atoms with Crippen molar-refractivity contribution in [1.29, 1.82) is 0 Å². The number of carbonyl (C=O) groups is 1. The highest BCUT2D eigenvalue weighted by Crippen LogP contribution is 2.33. The predicted molar refractivity (Wildman–Crippen MR) is 92.5 cm³/mol. The minimum Gasteiger partial charge on any atom is -0.490 e. The fourth-order valence-electron chi connectivity index (χ4n) is 3.67. The molecule has 0 saturated heterocycles. The Morgan fingerprint density at radius 2 is 2.00 bits per heavy atom. The average Bonchev–Trinajstić information content (AvgIpc) is 3.06. The number of nitrogen functional groups attached to an aromatic ring is 1. The lowest BCUT2D eigenvalue weighted by atomic mass is 9.94. The van der Waals surface area contributed by atoms with Crippen LogP contribution in [-0.4, -0.2) is 22.0 Å². The van der Waals surface area contributed by atoms with Crippen molar-refractivity contribution in [1.82, 2.24) is 15.3 Å². The topological polar surface area (TPSA) is 110 Å². The molecule has 0 spiro atoms. The predicted octanol–water partition coefficient (Wildman–Crippen LogP) is 1.84. The fourth-order valence-corrected chi connectivity index (χ4v) is 3.67. The molecule has 26 heavy (non-hydrogen) atoms. The zero-order chi connectivity index (χ0) is 18.3. The van der Waals surface area contributed by atoms with Gasteiger partial charge in [-0.15, -0.1) is 0 Å². The van der Waals surface area contributed by atoms with Crippen LogP contribution in [0.5, 0.6) is 5.75 Å². The maximum atomic E-state index is 13.8. The van der Waals surface area contributed by atoms with E-state index in [4.69, 9.17) is 10.5 Å². The summed E-state index contributed by atoms with van der Waals surface area (Å²) in [7, 11) is 0. The first-order valence-electron chi connectivity index (χ1n) is 8.67. The van der Waals surface area contributed by atoms with Gasteiger partial charge in [0.25, 0.3) is 11.5 Å². The van der Waals surface area contributed by atoms with E-state index >= 15 is 0 Å². The molecule has 1 aliphatic carbocycles. The van der Waals surface area contributed by atoms with Crippen molar-refractivity contribution in [3.63, 3.8) is 0 Å². The van der Waals surface area contributed by atoms with Crippen molar-refractivity contribution >= 4 is 11.9 Å². The normalized spacial score (nSPS) is 19.9. The number of hydrogen-bond donors (Lipinski definition) is 3. The number of nitrogens with one attached hydrogen (secondary N) is 2. The van der Waals surface area contributed by atoms with Gasteiger partial charge in [0.05, 0.1) is 17.8 Å². The van der Waals surface area contributed by atoms with Gasteiger partial charge in [-0.3, -0.25) is 14.6 Å². The van der Waals surface area contributed by atoms with Gasteiger partial charge in [0.1, 0.15) is 17.1 Å². The Hall–Kier alpha value is -2.90. The van der Waals surface area contributed by atoms with E-state index in [9.17, 15) is 14.0 Å².